The Morgan fingerprint density at radius 3 is 2.50 bits per heavy atom. The highest BCUT2D eigenvalue weighted by Crippen LogP contribution is 2.48. The molecule has 5 rings (SSSR count). The van der Waals surface area contributed by atoms with E-state index in [0.717, 1.165) is 93.1 Å². The number of hydrogen-bond acceptors (Lipinski definition) is 4. The zero-order chi connectivity index (χ0) is 29.8. The maximum atomic E-state index is 12.6. The third kappa shape index (κ3) is 5.75. The van der Waals surface area contributed by atoms with Gasteiger partial charge in [-0.25, -0.2) is 0 Å². The Hall–Kier alpha value is -4.20. The minimum atomic E-state index is -0.297. The lowest BCUT2D eigenvalue weighted by atomic mass is 9.98. The Kier molecular flexibility index (Phi) is 8.90. The van der Waals surface area contributed by atoms with Crippen LogP contribution in [0, 0.1) is 25.2 Å². The number of H-pyrrole nitrogens is 1. The maximum absolute atomic E-state index is 12.6. The van der Waals surface area contributed by atoms with Crippen LogP contribution in [0.15, 0.2) is 60.2 Å². The first-order chi connectivity index (χ1) is 20.3. The minimum absolute atomic E-state index is 0.0669. The van der Waals surface area contributed by atoms with Crippen molar-refractivity contribution in [3.63, 3.8) is 0 Å². The second kappa shape index (κ2) is 12.8. The van der Waals surface area contributed by atoms with E-state index < -0.39 is 0 Å². The fraction of sp³-hybridized carbons (Fsp3) is 0.286. The summed E-state index contributed by atoms with van der Waals surface area (Å²) in [6.45, 7) is 7.58. The van der Waals surface area contributed by atoms with E-state index in [-0.39, 0.29) is 17.0 Å². The van der Waals surface area contributed by atoms with E-state index in [1.54, 1.807) is 0 Å². The first kappa shape index (κ1) is 29.3. The molecule has 7 heteroatoms. The van der Waals surface area contributed by atoms with E-state index in [1.165, 1.54) is 5.56 Å². The number of rotatable bonds is 11. The molecule has 1 aliphatic rings. The molecule has 1 amide bonds. The third-order valence-corrected chi connectivity index (χ3v) is 8.41. The van der Waals surface area contributed by atoms with Crippen LogP contribution in [0.3, 0.4) is 0 Å². The van der Waals surface area contributed by atoms with Crippen LogP contribution in [0.5, 0.6) is 0 Å². The minimum Gasteiger partial charge on any atom is -0.385 e. The predicted molar refractivity (Wildman–Crippen MR) is 176 cm³/mol. The van der Waals surface area contributed by atoms with Crippen LogP contribution in [-0.2, 0) is 16.0 Å². The molecule has 0 radical (unpaired) electrons. The van der Waals surface area contributed by atoms with Gasteiger partial charge in [-0.15, -0.1) is 0 Å². The van der Waals surface area contributed by atoms with Gasteiger partial charge in [0.15, 0.2) is 5.52 Å². The topological polar surface area (TPSA) is 97.8 Å². The smallest absolute Gasteiger partial charge is 0.224 e. The molecule has 42 heavy (non-hydrogen) atoms. The van der Waals surface area contributed by atoms with Crippen molar-refractivity contribution >= 4 is 59.2 Å². The zero-order valence-corrected chi connectivity index (χ0v) is 25.6. The lowest BCUT2D eigenvalue weighted by molar-refractivity contribution is -0.120. The summed E-state index contributed by atoms with van der Waals surface area (Å²) < 4.78 is 0. The Labute approximate surface area is 249 Å². The second-order valence-corrected chi connectivity index (χ2v) is 11.5. The van der Waals surface area contributed by atoms with E-state index >= 15 is 0 Å². The van der Waals surface area contributed by atoms with Crippen LogP contribution < -0.4 is 10.6 Å². The molecule has 3 aromatic carbocycles. The quantitative estimate of drug-likeness (QED) is 0.0752. The van der Waals surface area contributed by atoms with Gasteiger partial charge in [0, 0.05) is 46.3 Å². The molecule has 0 fully saturated rings. The summed E-state index contributed by atoms with van der Waals surface area (Å²) in [6.07, 6.45) is 6.48. The van der Waals surface area contributed by atoms with Crippen LogP contribution in [0.2, 0.25) is 0 Å². The summed E-state index contributed by atoms with van der Waals surface area (Å²) in [6, 6.07) is 18.7. The summed E-state index contributed by atoms with van der Waals surface area (Å²) in [5.41, 5.74) is 8.98. The van der Waals surface area contributed by atoms with E-state index in [9.17, 15) is 14.9 Å². The number of carbonyl (C=O) groups excluding carboxylic acids is 2. The van der Waals surface area contributed by atoms with Gasteiger partial charge in [-0.1, -0.05) is 64.1 Å². The fourth-order valence-corrected chi connectivity index (χ4v) is 6.29. The van der Waals surface area contributed by atoms with Crippen molar-refractivity contribution in [3.05, 3.63) is 88.1 Å². The van der Waals surface area contributed by atoms with E-state index in [2.05, 4.69) is 74.2 Å². The number of nitrogens with zero attached hydrogens (tertiary/aromatic N) is 1. The van der Waals surface area contributed by atoms with Crippen molar-refractivity contribution < 1.29 is 9.59 Å². The van der Waals surface area contributed by atoms with Crippen LogP contribution in [-0.4, -0.2) is 29.5 Å². The fourth-order valence-electron chi connectivity index (χ4n) is 6.08. The van der Waals surface area contributed by atoms with Gasteiger partial charge in [-0.05, 0) is 79.5 Å². The Morgan fingerprint density at radius 2 is 1.76 bits per heavy atom. The average molecular weight is 577 g/mol. The average Bonchev–Trinajstić information content (AvgIpc) is 3.45. The number of nitrogens with one attached hydrogen (secondary N) is 3. The molecule has 1 aliphatic carbocycles. The monoisotopic (exact) mass is 576 g/mol. The lowest BCUT2D eigenvalue weighted by Gasteiger charge is -2.11. The first-order valence-corrected chi connectivity index (χ1v) is 15.2. The molecule has 1 atom stereocenters. The summed E-state index contributed by atoms with van der Waals surface area (Å²) in [5.74, 6) is 0.0669. The number of allylic oxidation sites excluding steroid dienone is 4. The molecule has 1 unspecified atom stereocenters. The molecule has 0 bridgehead atoms. The number of aromatic amines is 1. The number of unbranched alkanes of at least 4 members (excludes halogenated alkanes) is 3. The van der Waals surface area contributed by atoms with Gasteiger partial charge in [0.1, 0.15) is 11.6 Å². The molecular formula is C35H37N4O2P. The summed E-state index contributed by atoms with van der Waals surface area (Å²) in [7, 11) is 2.14. The highest BCUT2D eigenvalue weighted by Gasteiger charge is 2.28. The molecule has 6 nitrogen and oxygen atoms in total. The summed E-state index contributed by atoms with van der Waals surface area (Å²) >= 11 is 0. The molecule has 0 aliphatic heterocycles. The van der Waals surface area contributed by atoms with E-state index in [0.29, 0.717) is 13.0 Å². The van der Waals surface area contributed by atoms with Gasteiger partial charge in [0.25, 0.3) is 0 Å². The first-order valence-electron chi connectivity index (χ1n) is 14.6. The number of aryl methyl sites for hydroxylation is 2. The molecule has 0 saturated carbocycles. The highest BCUT2D eigenvalue weighted by atomic mass is 31.0. The van der Waals surface area contributed by atoms with Gasteiger partial charge < -0.3 is 15.6 Å². The van der Waals surface area contributed by atoms with Gasteiger partial charge >= 0.3 is 0 Å². The van der Waals surface area contributed by atoms with Crippen LogP contribution in [0.25, 0.3) is 32.8 Å². The van der Waals surface area contributed by atoms with Crippen molar-refractivity contribution in [2.45, 2.75) is 52.9 Å². The SMILES string of the molecule is C/C=C1/C(=C(/C#N)C(=O)P)c2cccc3c(NCCCCCCNC(=O)Cc4c(C)[nH]c5ccc(C)cc45)ccc1c23. The normalized spacial score (nSPS) is 14.4. The van der Waals surface area contributed by atoms with Crippen LogP contribution in [0.4, 0.5) is 5.69 Å². The van der Waals surface area contributed by atoms with Crippen molar-refractivity contribution in [2.75, 3.05) is 18.4 Å². The van der Waals surface area contributed by atoms with Crippen LogP contribution in [0.1, 0.15) is 60.6 Å². The third-order valence-electron chi connectivity index (χ3n) is 8.12. The molecule has 214 valence electrons. The molecule has 0 saturated heterocycles. The number of hydrogen-bond donors (Lipinski definition) is 3. The number of nitriles is 1. The van der Waals surface area contributed by atoms with Gasteiger partial charge in [-0.2, -0.15) is 5.26 Å². The zero-order valence-electron chi connectivity index (χ0n) is 24.5. The largest absolute Gasteiger partial charge is 0.385 e. The molecule has 4 aromatic rings. The lowest BCUT2D eigenvalue weighted by Crippen LogP contribution is -2.26. The Morgan fingerprint density at radius 1 is 0.976 bits per heavy atom. The van der Waals surface area contributed by atoms with Crippen molar-refractivity contribution in [2.24, 2.45) is 0 Å². The van der Waals surface area contributed by atoms with Crippen molar-refractivity contribution in [3.8, 4) is 6.07 Å². The molecule has 1 heterocycles. The Bertz CT molecular complexity index is 1810. The molecule has 0 spiro atoms. The van der Waals surface area contributed by atoms with Gasteiger partial charge in [0.05, 0.1) is 6.42 Å². The number of benzene rings is 3. The second-order valence-electron chi connectivity index (χ2n) is 11.0. The van der Waals surface area contributed by atoms with Crippen molar-refractivity contribution in [1.29, 1.82) is 5.26 Å². The standard InChI is InChI=1S/C35H37N4O2P/c1-4-23-24-13-15-30(25-10-9-11-26(34(24)25)33(23)29(20-36)35(41)42)37-16-7-5-6-8-17-38-32(40)19-27-22(3)39-31-14-12-21(2)18-28(27)31/h4,9-15,18,37,39H,5-8,16-17,19,42H2,1-3H3,(H,38,40)/b23-4+,33-29+. The van der Waals surface area contributed by atoms with Gasteiger partial charge in [0.2, 0.25) is 5.91 Å². The number of amides is 1. The maximum Gasteiger partial charge on any atom is 0.224 e. The summed E-state index contributed by atoms with van der Waals surface area (Å²) in [5, 5.41) is 19.7. The predicted octanol–water partition coefficient (Wildman–Crippen LogP) is 7.36. The number of anilines is 1. The number of carbonyl (C=O) groups is 2. The van der Waals surface area contributed by atoms with Gasteiger partial charge in [-0.3, -0.25) is 9.59 Å². The van der Waals surface area contributed by atoms with E-state index in [1.807, 2.05) is 32.1 Å². The van der Waals surface area contributed by atoms with E-state index in [4.69, 9.17) is 0 Å². The molecular weight excluding hydrogens is 539 g/mol. The number of fused-ring (bicyclic) bond motifs is 1. The Balaban J connectivity index is 1.11. The van der Waals surface area contributed by atoms with Crippen LogP contribution >= 0.6 is 9.24 Å². The number of aromatic nitrogens is 1. The summed E-state index contributed by atoms with van der Waals surface area (Å²) in [4.78, 5) is 28.2. The highest BCUT2D eigenvalue weighted by molar-refractivity contribution is 7.41. The van der Waals surface area contributed by atoms with Crippen molar-refractivity contribution in [1.82, 2.24) is 10.3 Å². The molecule has 1 aromatic heterocycles. The molecule has 3 N–H and O–H groups in total.